The second-order valence-electron chi connectivity index (χ2n) is 12.8. The van der Waals surface area contributed by atoms with Crippen molar-refractivity contribution in [3.05, 3.63) is 23.3 Å². The third-order valence-corrected chi connectivity index (χ3v) is 14.9. The van der Waals surface area contributed by atoms with Crippen molar-refractivity contribution in [1.82, 2.24) is 0 Å². The highest BCUT2D eigenvalue weighted by atomic mass is 28.4. The summed E-state index contributed by atoms with van der Waals surface area (Å²) in [6.07, 6.45) is 13.1. The van der Waals surface area contributed by atoms with Crippen LogP contribution in [0.1, 0.15) is 86.5 Å². The number of hydrogen-bond acceptors (Lipinski definition) is 2. The average Bonchev–Trinajstić information content (AvgIpc) is 2.90. The monoisotopic (exact) mass is 428 g/mol. The number of fused-ring (bicyclic) bond motifs is 5. The number of hydrogen-bond donors (Lipinski definition) is 0. The molecule has 0 heterocycles. The van der Waals surface area contributed by atoms with E-state index in [9.17, 15) is 4.79 Å². The van der Waals surface area contributed by atoms with Crippen LogP contribution in [0.4, 0.5) is 0 Å². The summed E-state index contributed by atoms with van der Waals surface area (Å²) in [5.41, 5.74) is 3.26. The van der Waals surface area contributed by atoms with Gasteiger partial charge in [-0.1, -0.05) is 52.3 Å². The molecule has 0 aliphatic heterocycles. The molecule has 3 saturated carbocycles. The summed E-state index contributed by atoms with van der Waals surface area (Å²) in [4.78, 5) is 12.8. The molecule has 0 bridgehead atoms. The molecule has 4 aliphatic carbocycles. The Morgan fingerprint density at radius 2 is 1.73 bits per heavy atom. The van der Waals surface area contributed by atoms with Gasteiger partial charge in [-0.25, -0.2) is 0 Å². The third-order valence-electron chi connectivity index (χ3n) is 10.3. The molecular formula is C27H44O2Si. The predicted molar refractivity (Wildman–Crippen MR) is 128 cm³/mol. The zero-order valence-electron chi connectivity index (χ0n) is 20.7. The minimum absolute atomic E-state index is 0.122. The second-order valence-corrected chi connectivity index (χ2v) is 17.5. The Bertz CT molecular complexity index is 785. The van der Waals surface area contributed by atoms with Gasteiger partial charge in [-0.05, 0) is 97.7 Å². The van der Waals surface area contributed by atoms with Gasteiger partial charge in [0.15, 0.2) is 14.1 Å². The standard InChI is InChI=1S/C27H44O2Si/c1-9-21-24(28)17-23-20-11-10-18-16-19(29-30(7,8)25(2,3)4)12-14-26(18,5)22(20)13-15-27(21,23)6/h9-10,19-20,22-23H,11-17H2,1-8H3/b21-9+/t19?,20-,22+,23+,26+,27?/m1/s1. The van der Waals surface area contributed by atoms with Gasteiger partial charge in [-0.3, -0.25) is 4.79 Å². The van der Waals surface area contributed by atoms with Crippen LogP contribution in [0.3, 0.4) is 0 Å². The van der Waals surface area contributed by atoms with Gasteiger partial charge < -0.3 is 4.43 Å². The van der Waals surface area contributed by atoms with E-state index in [-0.39, 0.29) is 10.5 Å². The highest BCUT2D eigenvalue weighted by Crippen LogP contribution is 2.65. The van der Waals surface area contributed by atoms with E-state index in [4.69, 9.17) is 4.43 Å². The van der Waals surface area contributed by atoms with Crippen LogP contribution in [-0.4, -0.2) is 20.2 Å². The number of ketones is 1. The molecule has 0 N–H and O–H groups in total. The first-order chi connectivity index (χ1) is 13.8. The number of rotatable bonds is 2. The van der Waals surface area contributed by atoms with E-state index in [1.165, 1.54) is 32.1 Å². The van der Waals surface area contributed by atoms with Gasteiger partial charge >= 0.3 is 0 Å². The number of Topliss-reactive ketones (excluding diaryl/α,β-unsaturated/α-hetero) is 1. The fourth-order valence-corrected chi connectivity index (χ4v) is 8.86. The Balaban J connectivity index is 1.56. The lowest BCUT2D eigenvalue weighted by molar-refractivity contribution is -0.115. The second kappa shape index (κ2) is 7.17. The SMILES string of the molecule is C/C=C1\C(=O)C[C@H]2[C@@H]3CC=C4CC(O[Si](C)(C)C(C)(C)C)CC[C@]4(C)[C@H]3CCC12C. The first kappa shape index (κ1) is 22.5. The zero-order chi connectivity index (χ0) is 22.1. The molecule has 30 heavy (non-hydrogen) atoms. The Morgan fingerprint density at radius 1 is 1.07 bits per heavy atom. The molecule has 6 atom stereocenters. The molecule has 0 saturated heterocycles. The molecule has 0 spiro atoms. The van der Waals surface area contributed by atoms with Crippen molar-refractivity contribution in [3.8, 4) is 0 Å². The van der Waals surface area contributed by atoms with E-state index in [0.29, 0.717) is 29.1 Å². The summed E-state index contributed by atoms with van der Waals surface area (Å²) in [5.74, 6) is 2.40. The summed E-state index contributed by atoms with van der Waals surface area (Å²) < 4.78 is 6.85. The smallest absolute Gasteiger partial charge is 0.192 e. The van der Waals surface area contributed by atoms with Crippen LogP contribution in [0.2, 0.25) is 18.1 Å². The van der Waals surface area contributed by atoms with Gasteiger partial charge in [0.25, 0.3) is 0 Å². The van der Waals surface area contributed by atoms with Crippen molar-refractivity contribution < 1.29 is 9.22 Å². The molecule has 168 valence electrons. The maximum Gasteiger partial charge on any atom is 0.192 e. The molecule has 0 aromatic heterocycles. The van der Waals surface area contributed by atoms with Gasteiger partial charge in [0, 0.05) is 12.5 Å². The van der Waals surface area contributed by atoms with Gasteiger partial charge in [0.05, 0.1) is 0 Å². The highest BCUT2D eigenvalue weighted by Gasteiger charge is 2.59. The molecule has 3 heteroatoms. The van der Waals surface area contributed by atoms with E-state index in [0.717, 1.165) is 24.3 Å². The lowest BCUT2D eigenvalue weighted by Crippen LogP contribution is -2.51. The van der Waals surface area contributed by atoms with Crippen molar-refractivity contribution in [1.29, 1.82) is 0 Å². The zero-order valence-corrected chi connectivity index (χ0v) is 21.7. The molecular weight excluding hydrogens is 384 g/mol. The fraction of sp³-hybridized carbons (Fsp3) is 0.815. The van der Waals surface area contributed by atoms with E-state index in [1.54, 1.807) is 5.57 Å². The fourth-order valence-electron chi connectivity index (χ4n) is 7.47. The Labute approximate surface area is 186 Å². The van der Waals surface area contributed by atoms with Crippen molar-refractivity contribution >= 4 is 14.1 Å². The maximum absolute atomic E-state index is 12.8. The largest absolute Gasteiger partial charge is 0.414 e. The van der Waals surface area contributed by atoms with Crippen LogP contribution in [0, 0.1) is 28.6 Å². The highest BCUT2D eigenvalue weighted by molar-refractivity contribution is 6.74. The molecule has 0 amide bonds. The van der Waals surface area contributed by atoms with Gasteiger partial charge in [0.1, 0.15) is 0 Å². The third kappa shape index (κ3) is 3.25. The van der Waals surface area contributed by atoms with Crippen molar-refractivity contribution in [2.75, 3.05) is 0 Å². The predicted octanol–water partition coefficient (Wildman–Crippen LogP) is 7.46. The van der Waals surface area contributed by atoms with Crippen LogP contribution in [0.25, 0.3) is 0 Å². The summed E-state index contributed by atoms with van der Waals surface area (Å²) >= 11 is 0. The number of carbonyl (C=O) groups is 1. The van der Waals surface area contributed by atoms with Crippen LogP contribution < -0.4 is 0 Å². The van der Waals surface area contributed by atoms with Crippen LogP contribution in [0.15, 0.2) is 23.3 Å². The van der Waals surface area contributed by atoms with E-state index < -0.39 is 8.32 Å². The van der Waals surface area contributed by atoms with E-state index in [1.807, 2.05) is 0 Å². The number of carbonyl (C=O) groups excluding carboxylic acids is 1. The first-order valence-electron chi connectivity index (χ1n) is 12.4. The Hall–Kier alpha value is -0.673. The van der Waals surface area contributed by atoms with Crippen molar-refractivity contribution in [2.45, 2.75) is 111 Å². The van der Waals surface area contributed by atoms with Crippen molar-refractivity contribution in [3.63, 3.8) is 0 Å². The summed E-state index contributed by atoms with van der Waals surface area (Å²) in [6.45, 7) is 18.8. The minimum Gasteiger partial charge on any atom is -0.414 e. The Kier molecular flexibility index (Phi) is 5.38. The molecule has 0 aromatic carbocycles. The molecule has 2 nitrogen and oxygen atoms in total. The van der Waals surface area contributed by atoms with Crippen molar-refractivity contribution in [2.24, 2.45) is 28.6 Å². The van der Waals surface area contributed by atoms with Crippen LogP contribution in [-0.2, 0) is 9.22 Å². The lowest BCUT2D eigenvalue weighted by atomic mass is 9.48. The quantitative estimate of drug-likeness (QED) is 0.259. The topological polar surface area (TPSA) is 26.3 Å². The van der Waals surface area contributed by atoms with E-state index in [2.05, 4.69) is 66.8 Å². The Morgan fingerprint density at radius 3 is 2.37 bits per heavy atom. The summed E-state index contributed by atoms with van der Waals surface area (Å²) in [5, 5.41) is 0.271. The van der Waals surface area contributed by atoms with E-state index >= 15 is 0 Å². The van der Waals surface area contributed by atoms with Crippen LogP contribution in [0.5, 0.6) is 0 Å². The van der Waals surface area contributed by atoms with Crippen LogP contribution >= 0.6 is 0 Å². The minimum atomic E-state index is -1.73. The van der Waals surface area contributed by atoms with Gasteiger partial charge in [-0.2, -0.15) is 0 Å². The molecule has 0 aromatic rings. The van der Waals surface area contributed by atoms with Gasteiger partial charge in [-0.15, -0.1) is 0 Å². The summed E-state index contributed by atoms with van der Waals surface area (Å²) in [6, 6.07) is 0. The maximum atomic E-state index is 12.8. The average molecular weight is 429 g/mol. The molecule has 4 rings (SSSR count). The molecule has 2 unspecified atom stereocenters. The lowest BCUT2D eigenvalue weighted by Gasteiger charge is -2.57. The van der Waals surface area contributed by atoms with Gasteiger partial charge in [0.2, 0.25) is 0 Å². The number of allylic oxidation sites excluding steroid dienone is 3. The molecule has 0 radical (unpaired) electrons. The molecule has 3 fully saturated rings. The molecule has 4 aliphatic rings. The first-order valence-corrected chi connectivity index (χ1v) is 15.3. The summed E-state index contributed by atoms with van der Waals surface area (Å²) in [7, 11) is -1.73. The normalized spacial score (nSPS) is 43.1.